The monoisotopic (exact) mass is 404 g/mol. The lowest BCUT2D eigenvalue weighted by Crippen LogP contribution is -2.48. The molecular formula is C11H18F6N2O5S. The zero-order chi connectivity index (χ0) is 20.2. The van der Waals surface area contributed by atoms with Gasteiger partial charge in [0, 0.05) is 19.1 Å². The molecule has 25 heavy (non-hydrogen) atoms. The third-order valence-electron chi connectivity index (χ3n) is 3.17. The molecule has 0 aliphatic rings. The Morgan fingerprint density at radius 2 is 1.60 bits per heavy atom. The Balaban J connectivity index is 5.28. The molecule has 0 aromatic heterocycles. The van der Waals surface area contributed by atoms with Crippen LogP contribution in [0.4, 0.5) is 26.3 Å². The highest BCUT2D eigenvalue weighted by atomic mass is 32.2. The van der Waals surface area contributed by atoms with E-state index in [2.05, 4.69) is 4.74 Å². The van der Waals surface area contributed by atoms with E-state index in [1.165, 1.54) is 14.1 Å². The summed E-state index contributed by atoms with van der Waals surface area (Å²) in [5.74, 6) is -0.975. The van der Waals surface area contributed by atoms with Gasteiger partial charge >= 0.3 is 12.4 Å². The molecule has 0 fully saturated rings. The average Bonchev–Trinajstić information content (AvgIpc) is 2.31. The summed E-state index contributed by atoms with van der Waals surface area (Å²) in [6.45, 7) is -1.28. The number of hydrogen-bond donors (Lipinski definition) is 2. The summed E-state index contributed by atoms with van der Waals surface area (Å²) in [4.78, 5) is 12.1. The molecule has 3 N–H and O–H groups in total. The zero-order valence-corrected chi connectivity index (χ0v) is 14.0. The summed E-state index contributed by atoms with van der Waals surface area (Å²) in [6, 6.07) is -1.27. The third-order valence-corrected chi connectivity index (χ3v) is 4.48. The van der Waals surface area contributed by atoms with Crippen LogP contribution in [-0.4, -0.2) is 74.2 Å². The zero-order valence-electron chi connectivity index (χ0n) is 13.1. The predicted molar refractivity (Wildman–Crippen MR) is 73.1 cm³/mol. The lowest BCUT2D eigenvalue weighted by atomic mass is 10.1. The lowest BCUT2D eigenvalue weighted by Gasteiger charge is -2.30. The minimum atomic E-state index is -5.75. The molecule has 0 spiro atoms. The first kappa shape index (κ1) is 23.9. The highest BCUT2D eigenvalue weighted by Crippen LogP contribution is 2.35. The number of alkyl halides is 6. The molecule has 7 nitrogen and oxygen atoms in total. The fraction of sp³-hybridized carbons (Fsp3) is 0.909. The molecule has 1 amide bonds. The molecule has 0 bridgehead atoms. The molecule has 0 heterocycles. The number of halogens is 6. The summed E-state index contributed by atoms with van der Waals surface area (Å²) in [5, 5.41) is -1.88. The van der Waals surface area contributed by atoms with Crippen LogP contribution in [0.3, 0.4) is 0 Å². The standard InChI is InChI=1S/C11H18F6N2O5S/c1-19(2)6(5-8(18)20)7(25(21,22)23)3-4-24-9(10(12,13)14)11(15,16)17/h6-7,9H,3-5H2,1-2H3,(H2,18,20)(H,21,22,23). The first-order chi connectivity index (χ1) is 11.0. The molecule has 0 rings (SSSR count). The van der Waals surface area contributed by atoms with Gasteiger partial charge in [-0.25, -0.2) is 0 Å². The van der Waals surface area contributed by atoms with E-state index in [-0.39, 0.29) is 0 Å². The van der Waals surface area contributed by atoms with Gasteiger partial charge in [-0.3, -0.25) is 9.35 Å². The summed E-state index contributed by atoms with van der Waals surface area (Å²) in [6.07, 6.45) is -17.1. The van der Waals surface area contributed by atoms with Gasteiger partial charge < -0.3 is 15.4 Å². The average molecular weight is 404 g/mol. The number of rotatable bonds is 9. The minimum absolute atomic E-state index is 0.598. The summed E-state index contributed by atoms with van der Waals surface area (Å²) >= 11 is 0. The SMILES string of the molecule is CN(C)C(CC(N)=O)C(CCOC(C(F)(F)F)C(F)(F)F)S(=O)(=O)O. The van der Waals surface area contributed by atoms with Crippen molar-refractivity contribution in [3.8, 4) is 0 Å². The van der Waals surface area contributed by atoms with Crippen LogP contribution in [0.15, 0.2) is 0 Å². The van der Waals surface area contributed by atoms with Crippen LogP contribution in [0.2, 0.25) is 0 Å². The highest BCUT2D eigenvalue weighted by Gasteiger charge is 2.58. The molecule has 2 atom stereocenters. The molecule has 150 valence electrons. The van der Waals surface area contributed by atoms with Crippen LogP contribution in [0.25, 0.3) is 0 Å². The van der Waals surface area contributed by atoms with Gasteiger partial charge in [-0.15, -0.1) is 0 Å². The lowest BCUT2D eigenvalue weighted by molar-refractivity contribution is -0.321. The van der Waals surface area contributed by atoms with Gasteiger partial charge in [0.2, 0.25) is 12.0 Å². The molecule has 14 heteroatoms. The number of nitrogens with two attached hydrogens (primary N) is 1. The Bertz CT molecular complexity index is 534. The molecule has 0 aliphatic carbocycles. The number of amides is 1. The van der Waals surface area contributed by atoms with Gasteiger partial charge in [0.25, 0.3) is 10.1 Å². The summed E-state index contributed by atoms with van der Waals surface area (Å²) < 4.78 is 110. The molecule has 0 saturated heterocycles. The fourth-order valence-electron chi connectivity index (χ4n) is 2.07. The van der Waals surface area contributed by atoms with Crippen molar-refractivity contribution in [2.24, 2.45) is 5.73 Å². The first-order valence-corrected chi connectivity index (χ1v) is 8.14. The second-order valence-electron chi connectivity index (χ2n) is 5.38. The van der Waals surface area contributed by atoms with E-state index in [1.807, 2.05) is 0 Å². The Kier molecular flexibility index (Phi) is 8.13. The van der Waals surface area contributed by atoms with Gasteiger partial charge in [-0.1, -0.05) is 0 Å². The molecule has 0 radical (unpaired) electrons. The smallest absolute Gasteiger partial charge is 0.370 e. The van der Waals surface area contributed by atoms with Gasteiger partial charge in [0.15, 0.2) is 0 Å². The molecule has 2 unspecified atom stereocenters. The van der Waals surface area contributed by atoms with Crippen molar-refractivity contribution in [2.45, 2.75) is 42.6 Å². The Morgan fingerprint density at radius 3 is 1.88 bits per heavy atom. The van der Waals surface area contributed by atoms with Gasteiger partial charge in [0.05, 0.1) is 0 Å². The van der Waals surface area contributed by atoms with Crippen molar-refractivity contribution in [1.82, 2.24) is 4.90 Å². The molecule has 0 aliphatic heterocycles. The van der Waals surface area contributed by atoms with E-state index < -0.39 is 65.2 Å². The molecule has 0 aromatic rings. The van der Waals surface area contributed by atoms with Crippen LogP contribution >= 0.6 is 0 Å². The quantitative estimate of drug-likeness (QED) is 0.437. The Labute approximate surface area is 139 Å². The van der Waals surface area contributed by atoms with Crippen molar-refractivity contribution in [1.29, 1.82) is 0 Å². The Hall–Kier alpha value is -1.12. The van der Waals surface area contributed by atoms with Crippen LogP contribution < -0.4 is 5.73 Å². The van der Waals surface area contributed by atoms with Crippen molar-refractivity contribution in [3.05, 3.63) is 0 Å². The number of ether oxygens (including phenoxy) is 1. The normalized spacial score (nSPS) is 16.3. The number of carbonyl (C=O) groups excluding carboxylic acids is 1. The number of carbonyl (C=O) groups is 1. The summed E-state index contributed by atoms with van der Waals surface area (Å²) in [5.41, 5.74) is 4.93. The number of primary amides is 1. The second kappa shape index (κ2) is 8.51. The Morgan fingerprint density at radius 1 is 1.16 bits per heavy atom. The van der Waals surface area contributed by atoms with E-state index >= 15 is 0 Å². The fourth-order valence-corrected chi connectivity index (χ4v) is 3.20. The van der Waals surface area contributed by atoms with Crippen molar-refractivity contribution < 1.29 is 48.8 Å². The molecule has 0 saturated carbocycles. The van der Waals surface area contributed by atoms with Crippen molar-refractivity contribution in [2.75, 3.05) is 20.7 Å². The minimum Gasteiger partial charge on any atom is -0.370 e. The van der Waals surface area contributed by atoms with Gasteiger partial charge in [-0.2, -0.15) is 34.8 Å². The largest absolute Gasteiger partial charge is 0.423 e. The number of nitrogens with zero attached hydrogens (tertiary/aromatic N) is 1. The third kappa shape index (κ3) is 8.20. The van der Waals surface area contributed by atoms with E-state index in [9.17, 15) is 44.1 Å². The maximum atomic E-state index is 12.4. The van der Waals surface area contributed by atoms with E-state index in [0.29, 0.717) is 0 Å². The van der Waals surface area contributed by atoms with E-state index in [1.54, 1.807) is 0 Å². The predicted octanol–water partition coefficient (Wildman–Crippen LogP) is 0.948. The van der Waals surface area contributed by atoms with E-state index in [0.717, 1.165) is 4.90 Å². The molecular weight excluding hydrogens is 386 g/mol. The van der Waals surface area contributed by atoms with Gasteiger partial charge in [0.1, 0.15) is 5.25 Å². The highest BCUT2D eigenvalue weighted by molar-refractivity contribution is 7.86. The second-order valence-corrected chi connectivity index (χ2v) is 7.01. The van der Waals surface area contributed by atoms with Crippen molar-refractivity contribution >= 4 is 16.0 Å². The van der Waals surface area contributed by atoms with Crippen molar-refractivity contribution in [3.63, 3.8) is 0 Å². The van der Waals surface area contributed by atoms with Crippen LogP contribution in [-0.2, 0) is 19.6 Å². The van der Waals surface area contributed by atoms with Crippen LogP contribution in [0, 0.1) is 0 Å². The number of hydrogen-bond acceptors (Lipinski definition) is 5. The maximum Gasteiger partial charge on any atom is 0.423 e. The van der Waals surface area contributed by atoms with E-state index in [4.69, 9.17) is 5.73 Å². The van der Waals surface area contributed by atoms with Crippen LogP contribution in [0.1, 0.15) is 12.8 Å². The van der Waals surface area contributed by atoms with Crippen LogP contribution in [0.5, 0.6) is 0 Å². The summed E-state index contributed by atoms with van der Waals surface area (Å²) in [7, 11) is -2.33. The maximum absolute atomic E-state index is 12.4. The first-order valence-electron chi connectivity index (χ1n) is 6.64. The topological polar surface area (TPSA) is 110 Å². The molecule has 0 aromatic carbocycles. The van der Waals surface area contributed by atoms with Gasteiger partial charge in [-0.05, 0) is 20.5 Å².